The third-order valence-corrected chi connectivity index (χ3v) is 2.06. The quantitative estimate of drug-likeness (QED) is 0.854. The average Bonchev–Trinajstić information content (AvgIpc) is 2.67. The zero-order valence-electron chi connectivity index (χ0n) is 8.64. The Kier molecular flexibility index (Phi) is 3.05. The molecule has 0 bridgehead atoms. The Morgan fingerprint density at radius 2 is 2.00 bits per heavy atom. The van der Waals surface area contributed by atoms with Crippen LogP contribution in [0.5, 0.6) is 5.75 Å². The minimum atomic E-state index is -0.271. The van der Waals surface area contributed by atoms with Gasteiger partial charge in [0.15, 0.2) is 0 Å². The Hall–Kier alpha value is -2.04. The molecule has 0 amide bonds. The summed E-state index contributed by atoms with van der Waals surface area (Å²) in [6, 6.07) is 7.62. The van der Waals surface area contributed by atoms with E-state index in [0.717, 1.165) is 0 Å². The molecule has 0 saturated carbocycles. The highest BCUT2D eigenvalue weighted by atomic mass is 19.1. The highest BCUT2D eigenvalue weighted by Gasteiger charge is 1.96. The number of nitrogens with zero attached hydrogens (tertiary/aromatic N) is 2. The van der Waals surface area contributed by atoms with E-state index in [1.165, 1.54) is 12.1 Å². The molecule has 5 heteroatoms. The summed E-state index contributed by atoms with van der Waals surface area (Å²) in [6.07, 6.45) is 1.78. The van der Waals surface area contributed by atoms with Gasteiger partial charge in [0.25, 0.3) is 0 Å². The molecule has 84 valence electrons. The molecule has 4 nitrogen and oxygen atoms in total. The number of hydrogen-bond acceptors (Lipinski definition) is 3. The summed E-state index contributed by atoms with van der Waals surface area (Å²) in [5.41, 5.74) is 5.46. The summed E-state index contributed by atoms with van der Waals surface area (Å²) in [7, 11) is 0. The van der Waals surface area contributed by atoms with Gasteiger partial charge in [0.1, 0.15) is 24.0 Å². The fourth-order valence-corrected chi connectivity index (χ4v) is 1.29. The van der Waals surface area contributed by atoms with E-state index >= 15 is 0 Å². The lowest BCUT2D eigenvalue weighted by Gasteiger charge is -2.05. The molecule has 16 heavy (non-hydrogen) atoms. The van der Waals surface area contributed by atoms with Gasteiger partial charge >= 0.3 is 0 Å². The van der Waals surface area contributed by atoms with Gasteiger partial charge in [0.2, 0.25) is 0 Å². The summed E-state index contributed by atoms with van der Waals surface area (Å²) in [5.74, 6) is 0.857. The molecule has 0 aliphatic carbocycles. The van der Waals surface area contributed by atoms with Crippen LogP contribution in [0.4, 0.5) is 10.2 Å². The van der Waals surface area contributed by atoms with E-state index in [1.807, 2.05) is 0 Å². The molecule has 0 radical (unpaired) electrons. The van der Waals surface area contributed by atoms with Crippen LogP contribution in [-0.4, -0.2) is 16.4 Å². The standard InChI is InChI=1S/C11H12FN3O/c12-9-1-3-10(4-2-9)16-8-7-15-6-5-11(13)14-15/h1-6H,7-8H2,(H2,13,14). The molecule has 0 unspecified atom stereocenters. The third kappa shape index (κ3) is 2.73. The minimum absolute atomic E-state index is 0.271. The summed E-state index contributed by atoms with van der Waals surface area (Å²) < 4.78 is 19.7. The number of rotatable bonds is 4. The van der Waals surface area contributed by atoms with Gasteiger partial charge in [0, 0.05) is 6.20 Å². The molecular weight excluding hydrogens is 209 g/mol. The molecule has 1 aromatic heterocycles. The zero-order chi connectivity index (χ0) is 11.4. The maximum atomic E-state index is 12.6. The van der Waals surface area contributed by atoms with E-state index in [2.05, 4.69) is 5.10 Å². The van der Waals surface area contributed by atoms with Crippen molar-refractivity contribution in [1.82, 2.24) is 9.78 Å². The van der Waals surface area contributed by atoms with Crippen molar-refractivity contribution in [2.45, 2.75) is 6.54 Å². The summed E-state index contributed by atoms with van der Waals surface area (Å²) in [5, 5.41) is 4.01. The first-order valence-electron chi connectivity index (χ1n) is 4.91. The van der Waals surface area contributed by atoms with Gasteiger partial charge < -0.3 is 10.5 Å². The molecule has 0 saturated heterocycles. The van der Waals surface area contributed by atoms with Gasteiger partial charge in [-0.05, 0) is 30.3 Å². The smallest absolute Gasteiger partial charge is 0.145 e. The fraction of sp³-hybridized carbons (Fsp3) is 0.182. The van der Waals surface area contributed by atoms with Crippen molar-refractivity contribution in [2.24, 2.45) is 0 Å². The fourth-order valence-electron chi connectivity index (χ4n) is 1.29. The molecule has 0 fully saturated rings. The lowest BCUT2D eigenvalue weighted by atomic mass is 10.3. The molecule has 2 N–H and O–H groups in total. The summed E-state index contributed by atoms with van der Waals surface area (Å²) >= 11 is 0. The number of aromatic nitrogens is 2. The van der Waals surface area contributed by atoms with E-state index in [-0.39, 0.29) is 5.82 Å². The molecule has 0 spiro atoms. The highest BCUT2D eigenvalue weighted by molar-refractivity contribution is 5.24. The van der Waals surface area contributed by atoms with Gasteiger partial charge in [-0.1, -0.05) is 0 Å². The minimum Gasteiger partial charge on any atom is -0.492 e. The van der Waals surface area contributed by atoms with Crippen LogP contribution >= 0.6 is 0 Å². The largest absolute Gasteiger partial charge is 0.492 e. The maximum Gasteiger partial charge on any atom is 0.145 e. The third-order valence-electron chi connectivity index (χ3n) is 2.06. The van der Waals surface area contributed by atoms with Crippen LogP contribution < -0.4 is 10.5 Å². The SMILES string of the molecule is Nc1ccn(CCOc2ccc(F)cc2)n1. The second-order valence-electron chi connectivity index (χ2n) is 3.31. The number of hydrogen-bond donors (Lipinski definition) is 1. The first kappa shape index (κ1) is 10.5. The molecule has 0 atom stereocenters. The van der Waals surface area contributed by atoms with Crippen LogP contribution in [0.15, 0.2) is 36.5 Å². The second kappa shape index (κ2) is 4.65. The predicted molar refractivity (Wildman–Crippen MR) is 58.5 cm³/mol. The van der Waals surface area contributed by atoms with E-state index in [4.69, 9.17) is 10.5 Å². The first-order chi connectivity index (χ1) is 7.74. The van der Waals surface area contributed by atoms with Crippen molar-refractivity contribution in [1.29, 1.82) is 0 Å². The molecule has 1 aromatic carbocycles. The zero-order valence-corrected chi connectivity index (χ0v) is 8.64. The van der Waals surface area contributed by atoms with E-state index < -0.39 is 0 Å². The number of anilines is 1. The number of nitrogen functional groups attached to an aromatic ring is 1. The molecule has 1 heterocycles. The van der Waals surface area contributed by atoms with Crippen molar-refractivity contribution < 1.29 is 9.13 Å². The lowest BCUT2D eigenvalue weighted by Crippen LogP contribution is -2.08. The first-order valence-corrected chi connectivity index (χ1v) is 4.91. The topological polar surface area (TPSA) is 53.1 Å². The Morgan fingerprint density at radius 1 is 1.25 bits per heavy atom. The molecule has 2 aromatic rings. The van der Waals surface area contributed by atoms with Crippen molar-refractivity contribution in [2.75, 3.05) is 12.3 Å². The van der Waals surface area contributed by atoms with Crippen molar-refractivity contribution in [3.8, 4) is 5.75 Å². The van der Waals surface area contributed by atoms with Crippen molar-refractivity contribution in [3.63, 3.8) is 0 Å². The number of halogens is 1. The predicted octanol–water partition coefficient (Wildman–Crippen LogP) is 1.68. The Labute approximate surface area is 92.4 Å². The van der Waals surface area contributed by atoms with Gasteiger partial charge in [-0.25, -0.2) is 4.39 Å². The monoisotopic (exact) mass is 221 g/mol. The van der Waals surface area contributed by atoms with Crippen LogP contribution in [0.1, 0.15) is 0 Å². The second-order valence-corrected chi connectivity index (χ2v) is 3.31. The van der Waals surface area contributed by atoms with Gasteiger partial charge in [0.05, 0.1) is 6.54 Å². The van der Waals surface area contributed by atoms with Gasteiger partial charge in [-0.2, -0.15) is 5.10 Å². The summed E-state index contributed by atoms with van der Waals surface area (Å²) in [4.78, 5) is 0. The molecule has 2 rings (SSSR count). The highest BCUT2D eigenvalue weighted by Crippen LogP contribution is 2.10. The molecular formula is C11H12FN3O. The van der Waals surface area contributed by atoms with E-state index in [1.54, 1.807) is 29.1 Å². The Bertz CT molecular complexity index is 453. The molecule has 0 aliphatic heterocycles. The Balaban J connectivity index is 1.82. The number of nitrogens with two attached hydrogens (primary N) is 1. The molecule has 0 aliphatic rings. The van der Waals surface area contributed by atoms with Crippen LogP contribution in [0.2, 0.25) is 0 Å². The number of ether oxygens (including phenoxy) is 1. The van der Waals surface area contributed by atoms with E-state index in [9.17, 15) is 4.39 Å². The average molecular weight is 221 g/mol. The lowest BCUT2D eigenvalue weighted by molar-refractivity contribution is 0.291. The summed E-state index contributed by atoms with van der Waals surface area (Å²) in [6.45, 7) is 1.07. The van der Waals surface area contributed by atoms with Crippen LogP contribution in [-0.2, 0) is 6.54 Å². The van der Waals surface area contributed by atoms with Gasteiger partial charge in [-0.15, -0.1) is 0 Å². The normalized spacial score (nSPS) is 10.3. The number of benzene rings is 1. The van der Waals surface area contributed by atoms with Crippen LogP contribution in [0, 0.1) is 5.82 Å². The van der Waals surface area contributed by atoms with E-state index in [0.29, 0.717) is 24.7 Å². The van der Waals surface area contributed by atoms with Crippen molar-refractivity contribution in [3.05, 3.63) is 42.3 Å². The Morgan fingerprint density at radius 3 is 2.62 bits per heavy atom. The van der Waals surface area contributed by atoms with Crippen LogP contribution in [0.25, 0.3) is 0 Å². The maximum absolute atomic E-state index is 12.6. The van der Waals surface area contributed by atoms with Crippen LogP contribution in [0.3, 0.4) is 0 Å². The van der Waals surface area contributed by atoms with Gasteiger partial charge in [-0.3, -0.25) is 4.68 Å². The van der Waals surface area contributed by atoms with Crippen molar-refractivity contribution >= 4 is 5.82 Å².